The standard InChI is InChI=1S/C15H23Cl2NO/c1-2-7-18-8-5-3-4-6-9-19-15-11-13(16)10-14(17)12-15/h10-12,18H,2-9H2,1H3. The molecule has 1 N–H and O–H groups in total. The van der Waals surface area contributed by atoms with Gasteiger partial charge in [0.15, 0.2) is 0 Å². The molecule has 0 fully saturated rings. The van der Waals surface area contributed by atoms with Crippen LogP contribution >= 0.6 is 23.2 Å². The van der Waals surface area contributed by atoms with Gasteiger partial charge in [-0.3, -0.25) is 0 Å². The van der Waals surface area contributed by atoms with E-state index in [-0.39, 0.29) is 0 Å². The highest BCUT2D eigenvalue weighted by Crippen LogP contribution is 2.24. The van der Waals surface area contributed by atoms with Crippen molar-refractivity contribution in [1.82, 2.24) is 5.32 Å². The fraction of sp³-hybridized carbons (Fsp3) is 0.600. The first-order valence-electron chi connectivity index (χ1n) is 7.02. The molecular formula is C15H23Cl2NO. The molecule has 0 aliphatic heterocycles. The van der Waals surface area contributed by atoms with E-state index in [2.05, 4.69) is 12.2 Å². The first kappa shape index (κ1) is 16.6. The maximum atomic E-state index is 5.90. The fourth-order valence-electron chi connectivity index (χ4n) is 1.81. The molecule has 0 heterocycles. The Bertz CT molecular complexity index is 338. The van der Waals surface area contributed by atoms with Crippen molar-refractivity contribution in [2.75, 3.05) is 19.7 Å². The molecule has 2 nitrogen and oxygen atoms in total. The molecule has 1 aromatic rings. The predicted octanol–water partition coefficient (Wildman–Crippen LogP) is 4.93. The molecule has 0 spiro atoms. The largest absolute Gasteiger partial charge is 0.493 e. The number of halogens is 2. The molecule has 0 bridgehead atoms. The van der Waals surface area contributed by atoms with Crippen LogP contribution in [0.25, 0.3) is 0 Å². The van der Waals surface area contributed by atoms with Gasteiger partial charge >= 0.3 is 0 Å². The van der Waals surface area contributed by atoms with Crippen molar-refractivity contribution in [2.45, 2.75) is 39.0 Å². The Labute approximate surface area is 126 Å². The average molecular weight is 304 g/mol. The quantitative estimate of drug-likeness (QED) is 0.619. The summed E-state index contributed by atoms with van der Waals surface area (Å²) in [4.78, 5) is 0. The van der Waals surface area contributed by atoms with Crippen LogP contribution in [-0.2, 0) is 0 Å². The Balaban J connectivity index is 2.01. The Morgan fingerprint density at radius 3 is 2.32 bits per heavy atom. The molecule has 4 heteroatoms. The number of benzene rings is 1. The maximum Gasteiger partial charge on any atom is 0.122 e. The van der Waals surface area contributed by atoms with Crippen LogP contribution in [-0.4, -0.2) is 19.7 Å². The Morgan fingerprint density at radius 1 is 0.947 bits per heavy atom. The van der Waals surface area contributed by atoms with Crippen molar-refractivity contribution in [3.8, 4) is 5.75 Å². The van der Waals surface area contributed by atoms with Crippen LogP contribution in [0.15, 0.2) is 18.2 Å². The fourth-order valence-corrected chi connectivity index (χ4v) is 2.32. The second-order valence-electron chi connectivity index (χ2n) is 4.62. The smallest absolute Gasteiger partial charge is 0.122 e. The van der Waals surface area contributed by atoms with Crippen molar-refractivity contribution in [3.63, 3.8) is 0 Å². The lowest BCUT2D eigenvalue weighted by Crippen LogP contribution is -2.15. The minimum absolute atomic E-state index is 0.615. The van der Waals surface area contributed by atoms with Crippen molar-refractivity contribution in [3.05, 3.63) is 28.2 Å². The molecule has 19 heavy (non-hydrogen) atoms. The van der Waals surface area contributed by atoms with Gasteiger partial charge in [0.1, 0.15) is 5.75 Å². The van der Waals surface area contributed by atoms with Crippen LogP contribution in [0.1, 0.15) is 39.0 Å². The molecule has 0 aromatic heterocycles. The van der Waals surface area contributed by atoms with Gasteiger partial charge in [-0.15, -0.1) is 0 Å². The normalized spacial score (nSPS) is 10.7. The van der Waals surface area contributed by atoms with Crippen LogP contribution in [0.4, 0.5) is 0 Å². The molecule has 0 radical (unpaired) electrons. The van der Waals surface area contributed by atoms with Crippen molar-refractivity contribution < 1.29 is 4.74 Å². The average Bonchev–Trinajstić information content (AvgIpc) is 2.36. The van der Waals surface area contributed by atoms with E-state index in [0.717, 1.165) is 31.9 Å². The second kappa shape index (κ2) is 10.4. The molecule has 108 valence electrons. The van der Waals surface area contributed by atoms with Crippen LogP contribution < -0.4 is 10.1 Å². The molecule has 1 rings (SSSR count). The Hall–Kier alpha value is -0.440. The predicted molar refractivity (Wildman–Crippen MR) is 83.6 cm³/mol. The highest BCUT2D eigenvalue weighted by molar-refractivity contribution is 6.34. The van der Waals surface area contributed by atoms with Gasteiger partial charge in [0, 0.05) is 10.0 Å². The van der Waals surface area contributed by atoms with Gasteiger partial charge in [0.05, 0.1) is 6.61 Å². The van der Waals surface area contributed by atoms with E-state index in [9.17, 15) is 0 Å². The number of nitrogens with one attached hydrogen (secondary N) is 1. The van der Waals surface area contributed by atoms with Gasteiger partial charge in [-0.05, 0) is 50.6 Å². The van der Waals surface area contributed by atoms with Crippen molar-refractivity contribution in [2.24, 2.45) is 0 Å². The number of ether oxygens (including phenoxy) is 1. The van der Waals surface area contributed by atoms with E-state index in [0.29, 0.717) is 10.0 Å². The van der Waals surface area contributed by atoms with Gasteiger partial charge in [-0.1, -0.05) is 43.0 Å². The highest BCUT2D eigenvalue weighted by Gasteiger charge is 1.99. The van der Waals surface area contributed by atoms with Gasteiger partial charge in [0.2, 0.25) is 0 Å². The number of hydrogen-bond donors (Lipinski definition) is 1. The summed E-state index contributed by atoms with van der Waals surface area (Å²) in [5.41, 5.74) is 0. The minimum atomic E-state index is 0.615. The Kier molecular flexibility index (Phi) is 9.06. The third-order valence-corrected chi connectivity index (χ3v) is 3.22. The molecule has 0 atom stereocenters. The minimum Gasteiger partial charge on any atom is -0.493 e. The molecule has 0 saturated carbocycles. The number of rotatable bonds is 10. The van der Waals surface area contributed by atoms with Crippen LogP contribution in [0.5, 0.6) is 5.75 Å². The first-order chi connectivity index (χ1) is 9.22. The Morgan fingerprint density at radius 2 is 1.63 bits per heavy atom. The molecule has 0 aliphatic carbocycles. The maximum absolute atomic E-state index is 5.90. The summed E-state index contributed by atoms with van der Waals surface area (Å²) in [6, 6.07) is 5.30. The van der Waals surface area contributed by atoms with E-state index in [1.165, 1.54) is 25.7 Å². The van der Waals surface area contributed by atoms with E-state index >= 15 is 0 Å². The summed E-state index contributed by atoms with van der Waals surface area (Å²) in [6.45, 7) is 5.16. The van der Waals surface area contributed by atoms with Crippen molar-refractivity contribution in [1.29, 1.82) is 0 Å². The first-order valence-corrected chi connectivity index (χ1v) is 7.77. The molecule has 0 unspecified atom stereocenters. The zero-order chi connectivity index (χ0) is 13.9. The summed E-state index contributed by atoms with van der Waals surface area (Å²) in [5.74, 6) is 0.752. The molecular weight excluding hydrogens is 281 g/mol. The summed E-state index contributed by atoms with van der Waals surface area (Å²) in [5, 5.41) is 4.63. The zero-order valence-corrected chi connectivity index (χ0v) is 13.1. The van der Waals surface area contributed by atoms with Crippen LogP contribution in [0.3, 0.4) is 0 Å². The SMILES string of the molecule is CCCNCCCCCCOc1cc(Cl)cc(Cl)c1. The summed E-state index contributed by atoms with van der Waals surface area (Å²) < 4.78 is 5.63. The summed E-state index contributed by atoms with van der Waals surface area (Å²) >= 11 is 11.8. The van der Waals surface area contributed by atoms with Gasteiger partial charge in [0.25, 0.3) is 0 Å². The number of hydrogen-bond acceptors (Lipinski definition) is 2. The van der Waals surface area contributed by atoms with Crippen molar-refractivity contribution >= 4 is 23.2 Å². The lowest BCUT2D eigenvalue weighted by molar-refractivity contribution is 0.304. The lowest BCUT2D eigenvalue weighted by atomic mass is 10.2. The summed E-state index contributed by atoms with van der Waals surface area (Å²) in [6.07, 6.45) is 5.95. The third kappa shape index (κ3) is 8.35. The third-order valence-electron chi connectivity index (χ3n) is 2.78. The van der Waals surface area contributed by atoms with Crippen LogP contribution in [0, 0.1) is 0 Å². The molecule has 0 amide bonds. The molecule has 0 saturated heterocycles. The van der Waals surface area contributed by atoms with E-state index in [1.54, 1.807) is 18.2 Å². The van der Waals surface area contributed by atoms with Gasteiger partial charge in [-0.25, -0.2) is 0 Å². The molecule has 1 aromatic carbocycles. The van der Waals surface area contributed by atoms with E-state index < -0.39 is 0 Å². The monoisotopic (exact) mass is 303 g/mol. The molecule has 0 aliphatic rings. The highest BCUT2D eigenvalue weighted by atomic mass is 35.5. The summed E-state index contributed by atoms with van der Waals surface area (Å²) in [7, 11) is 0. The zero-order valence-electron chi connectivity index (χ0n) is 11.6. The second-order valence-corrected chi connectivity index (χ2v) is 5.49. The van der Waals surface area contributed by atoms with Gasteiger partial charge < -0.3 is 10.1 Å². The van der Waals surface area contributed by atoms with E-state index in [4.69, 9.17) is 27.9 Å². The van der Waals surface area contributed by atoms with Crippen LogP contribution in [0.2, 0.25) is 10.0 Å². The van der Waals surface area contributed by atoms with E-state index in [1.807, 2.05) is 0 Å². The lowest BCUT2D eigenvalue weighted by Gasteiger charge is -2.07. The number of unbranched alkanes of at least 4 members (excludes halogenated alkanes) is 3. The van der Waals surface area contributed by atoms with Gasteiger partial charge in [-0.2, -0.15) is 0 Å². The topological polar surface area (TPSA) is 21.3 Å².